The lowest BCUT2D eigenvalue weighted by Gasteiger charge is -2.27. The minimum absolute atomic E-state index is 0.0838. The Hall–Kier alpha value is -1.06. The summed E-state index contributed by atoms with van der Waals surface area (Å²) in [7, 11) is 1.66. The van der Waals surface area contributed by atoms with Crippen molar-refractivity contribution in [3.05, 3.63) is 29.8 Å². The van der Waals surface area contributed by atoms with Gasteiger partial charge in [0, 0.05) is 12.0 Å². The van der Waals surface area contributed by atoms with Crippen molar-refractivity contribution in [1.29, 1.82) is 0 Å². The van der Waals surface area contributed by atoms with E-state index >= 15 is 0 Å². The fraction of sp³-hybridized carbons (Fsp3) is 0.625. The zero-order chi connectivity index (χ0) is 14.5. The second-order valence-electron chi connectivity index (χ2n) is 6.41. The van der Waals surface area contributed by atoms with Crippen LogP contribution in [0.5, 0.6) is 5.75 Å². The first kappa shape index (κ1) is 16.0. The highest BCUT2D eigenvalue weighted by molar-refractivity contribution is 5.34. The molecule has 0 aliphatic carbocycles. The van der Waals surface area contributed by atoms with Crippen molar-refractivity contribution >= 4 is 0 Å². The van der Waals surface area contributed by atoms with Gasteiger partial charge in [-0.1, -0.05) is 18.2 Å². The Labute approximate surface area is 117 Å². The van der Waals surface area contributed by atoms with Gasteiger partial charge in [0.15, 0.2) is 0 Å². The molecule has 0 fully saturated rings. The first-order valence-corrected chi connectivity index (χ1v) is 6.83. The molecule has 0 heterocycles. The van der Waals surface area contributed by atoms with E-state index in [1.165, 1.54) is 0 Å². The van der Waals surface area contributed by atoms with Crippen LogP contribution in [0.4, 0.5) is 0 Å². The average molecular weight is 265 g/mol. The van der Waals surface area contributed by atoms with E-state index in [1.54, 1.807) is 7.11 Å². The van der Waals surface area contributed by atoms with Crippen LogP contribution in [0.1, 0.15) is 39.7 Å². The first-order valence-electron chi connectivity index (χ1n) is 6.83. The quantitative estimate of drug-likeness (QED) is 0.831. The van der Waals surface area contributed by atoms with Crippen LogP contribution >= 0.6 is 0 Å². The molecule has 1 aromatic rings. The Bertz CT molecular complexity index is 394. The normalized spacial score (nSPS) is 15.1. The van der Waals surface area contributed by atoms with Crippen molar-refractivity contribution in [1.82, 2.24) is 5.32 Å². The third-order valence-electron chi connectivity index (χ3n) is 3.08. The van der Waals surface area contributed by atoms with Crippen LogP contribution in [0.2, 0.25) is 0 Å². The highest BCUT2D eigenvalue weighted by Gasteiger charge is 2.23. The van der Waals surface area contributed by atoms with E-state index in [0.717, 1.165) is 17.9 Å². The zero-order valence-corrected chi connectivity index (χ0v) is 12.8. The Morgan fingerprint density at radius 1 is 1.16 bits per heavy atom. The number of ether oxygens (including phenoxy) is 1. The average Bonchev–Trinajstić information content (AvgIpc) is 2.27. The van der Waals surface area contributed by atoms with Crippen molar-refractivity contribution in [2.24, 2.45) is 0 Å². The third kappa shape index (κ3) is 6.08. The molecule has 0 radical (unpaired) electrons. The van der Waals surface area contributed by atoms with Gasteiger partial charge >= 0.3 is 0 Å². The van der Waals surface area contributed by atoms with E-state index in [0.29, 0.717) is 12.8 Å². The monoisotopic (exact) mass is 265 g/mol. The molecular formula is C16H27NO2. The molecular weight excluding hydrogens is 238 g/mol. The molecule has 0 aliphatic heterocycles. The van der Waals surface area contributed by atoms with Crippen molar-refractivity contribution in [2.45, 2.75) is 51.7 Å². The molecule has 0 aliphatic rings. The van der Waals surface area contributed by atoms with Crippen molar-refractivity contribution < 1.29 is 9.84 Å². The number of aliphatic hydroxyl groups is 1. The SMILES string of the molecule is COc1ccccc1CC(C)(O)CCNC(C)(C)C. The van der Waals surface area contributed by atoms with Gasteiger partial charge in [-0.15, -0.1) is 0 Å². The Kier molecular flexibility index (Phi) is 5.39. The molecule has 1 atom stereocenters. The number of nitrogens with one attached hydrogen (secondary N) is 1. The van der Waals surface area contributed by atoms with E-state index in [-0.39, 0.29) is 5.54 Å². The predicted octanol–water partition coefficient (Wildman–Crippen LogP) is 2.77. The summed E-state index contributed by atoms with van der Waals surface area (Å²) in [4.78, 5) is 0. The standard InChI is InChI=1S/C16H27NO2/c1-15(2,3)17-11-10-16(4,18)12-13-8-6-7-9-14(13)19-5/h6-9,17-18H,10-12H2,1-5H3. The van der Waals surface area contributed by atoms with Gasteiger partial charge in [0.25, 0.3) is 0 Å². The topological polar surface area (TPSA) is 41.5 Å². The molecule has 3 heteroatoms. The molecule has 108 valence electrons. The lowest BCUT2D eigenvalue weighted by Crippen LogP contribution is -2.40. The largest absolute Gasteiger partial charge is 0.496 e. The van der Waals surface area contributed by atoms with E-state index in [4.69, 9.17) is 4.74 Å². The van der Waals surface area contributed by atoms with Crippen LogP contribution in [-0.4, -0.2) is 29.9 Å². The fourth-order valence-corrected chi connectivity index (χ4v) is 2.05. The number of benzene rings is 1. The molecule has 0 amide bonds. The summed E-state index contributed by atoms with van der Waals surface area (Å²) in [5.74, 6) is 0.839. The Morgan fingerprint density at radius 3 is 2.37 bits per heavy atom. The maximum absolute atomic E-state index is 10.5. The summed E-state index contributed by atoms with van der Waals surface area (Å²) in [5.41, 5.74) is 0.402. The maximum Gasteiger partial charge on any atom is 0.122 e. The zero-order valence-electron chi connectivity index (χ0n) is 12.8. The summed E-state index contributed by atoms with van der Waals surface area (Å²) in [5, 5.41) is 13.9. The molecule has 3 nitrogen and oxygen atoms in total. The van der Waals surface area contributed by atoms with Crippen LogP contribution in [0.3, 0.4) is 0 Å². The number of methoxy groups -OCH3 is 1. The number of hydrogen-bond donors (Lipinski definition) is 2. The second-order valence-corrected chi connectivity index (χ2v) is 6.41. The van der Waals surface area contributed by atoms with Crippen LogP contribution in [-0.2, 0) is 6.42 Å². The first-order chi connectivity index (χ1) is 8.73. The van der Waals surface area contributed by atoms with Crippen molar-refractivity contribution in [3.63, 3.8) is 0 Å². The maximum atomic E-state index is 10.5. The predicted molar refractivity (Wildman–Crippen MR) is 79.7 cm³/mol. The van der Waals surface area contributed by atoms with Crippen LogP contribution in [0.15, 0.2) is 24.3 Å². The van der Waals surface area contributed by atoms with Gasteiger partial charge in [-0.2, -0.15) is 0 Å². The van der Waals surface area contributed by atoms with Gasteiger partial charge in [0.1, 0.15) is 5.75 Å². The van der Waals surface area contributed by atoms with Gasteiger partial charge in [-0.3, -0.25) is 0 Å². The van der Waals surface area contributed by atoms with Gasteiger partial charge in [0.2, 0.25) is 0 Å². The van der Waals surface area contributed by atoms with Gasteiger partial charge < -0.3 is 15.2 Å². The third-order valence-corrected chi connectivity index (χ3v) is 3.08. The van der Waals surface area contributed by atoms with Gasteiger partial charge in [-0.25, -0.2) is 0 Å². The minimum atomic E-state index is -0.729. The molecule has 1 aromatic carbocycles. The van der Waals surface area contributed by atoms with Gasteiger partial charge in [0.05, 0.1) is 12.7 Å². The molecule has 1 rings (SSSR count). The number of rotatable bonds is 6. The summed E-state index contributed by atoms with van der Waals surface area (Å²) in [6.45, 7) is 9.06. The van der Waals surface area contributed by atoms with E-state index in [1.807, 2.05) is 31.2 Å². The molecule has 0 saturated carbocycles. The van der Waals surface area contributed by atoms with E-state index < -0.39 is 5.60 Å². The van der Waals surface area contributed by atoms with Crippen molar-refractivity contribution in [3.8, 4) is 5.75 Å². The molecule has 0 bridgehead atoms. The second kappa shape index (κ2) is 6.40. The molecule has 0 aromatic heterocycles. The van der Waals surface area contributed by atoms with E-state index in [9.17, 15) is 5.11 Å². The molecule has 1 unspecified atom stereocenters. The Morgan fingerprint density at radius 2 is 1.79 bits per heavy atom. The van der Waals surface area contributed by atoms with Crippen LogP contribution < -0.4 is 10.1 Å². The lowest BCUT2D eigenvalue weighted by molar-refractivity contribution is 0.0493. The molecule has 2 N–H and O–H groups in total. The lowest BCUT2D eigenvalue weighted by atomic mass is 9.92. The van der Waals surface area contributed by atoms with Crippen LogP contribution in [0, 0.1) is 0 Å². The summed E-state index contributed by atoms with van der Waals surface area (Å²) in [6, 6.07) is 7.85. The number of para-hydroxylation sites is 1. The smallest absolute Gasteiger partial charge is 0.122 e. The van der Waals surface area contributed by atoms with E-state index in [2.05, 4.69) is 26.1 Å². The fourth-order valence-electron chi connectivity index (χ4n) is 2.05. The minimum Gasteiger partial charge on any atom is -0.496 e. The van der Waals surface area contributed by atoms with Gasteiger partial charge in [-0.05, 0) is 52.3 Å². The highest BCUT2D eigenvalue weighted by atomic mass is 16.5. The summed E-state index contributed by atoms with van der Waals surface area (Å²) >= 11 is 0. The van der Waals surface area contributed by atoms with Crippen molar-refractivity contribution in [2.75, 3.05) is 13.7 Å². The highest BCUT2D eigenvalue weighted by Crippen LogP contribution is 2.24. The molecule has 0 spiro atoms. The molecule has 19 heavy (non-hydrogen) atoms. The van der Waals surface area contributed by atoms with Crippen LogP contribution in [0.25, 0.3) is 0 Å². The Balaban J connectivity index is 2.58. The summed E-state index contributed by atoms with van der Waals surface area (Å²) in [6.07, 6.45) is 1.31. The summed E-state index contributed by atoms with van der Waals surface area (Å²) < 4.78 is 5.32. The molecule has 0 saturated heterocycles. The number of hydrogen-bond acceptors (Lipinski definition) is 3.